The van der Waals surface area contributed by atoms with Crippen LogP contribution in [0.3, 0.4) is 0 Å². The number of hydrogen-bond donors (Lipinski definition) is 1. The maximum Gasteiger partial charge on any atom is 0.238 e. The Morgan fingerprint density at radius 2 is 1.46 bits per heavy atom. The molecule has 0 bridgehead atoms. The van der Waals surface area contributed by atoms with Crippen LogP contribution >= 0.6 is 0 Å². The van der Waals surface area contributed by atoms with Gasteiger partial charge in [0, 0.05) is 23.6 Å². The zero-order valence-electron chi connectivity index (χ0n) is 19.1. The molecule has 0 aromatic heterocycles. The summed E-state index contributed by atoms with van der Waals surface area (Å²) in [6, 6.07) is 25.8. The maximum absolute atomic E-state index is 13.1. The summed E-state index contributed by atoms with van der Waals surface area (Å²) >= 11 is 0. The Morgan fingerprint density at radius 1 is 0.857 bits per heavy atom. The number of benzene rings is 3. The van der Waals surface area contributed by atoms with Crippen molar-refractivity contribution in [2.24, 2.45) is 0 Å². The Kier molecular flexibility index (Phi) is 6.44. The van der Waals surface area contributed by atoms with Crippen molar-refractivity contribution in [2.45, 2.75) is 23.8 Å². The topological polar surface area (TPSA) is 77.9 Å². The number of sulfonamides is 1. The van der Waals surface area contributed by atoms with Gasteiger partial charge in [-0.15, -0.1) is 0 Å². The van der Waals surface area contributed by atoms with Crippen LogP contribution in [-0.4, -0.2) is 60.4 Å². The van der Waals surface area contributed by atoms with Gasteiger partial charge in [-0.3, -0.25) is 4.79 Å². The van der Waals surface area contributed by atoms with Gasteiger partial charge in [0.05, 0.1) is 31.0 Å². The predicted molar refractivity (Wildman–Crippen MR) is 134 cm³/mol. The first-order chi connectivity index (χ1) is 17.0. The third-order valence-corrected chi connectivity index (χ3v) is 8.49. The van der Waals surface area contributed by atoms with Crippen LogP contribution in [0.5, 0.6) is 0 Å². The molecule has 1 N–H and O–H groups in total. The summed E-state index contributed by atoms with van der Waals surface area (Å²) in [6.45, 7) is -0.139. The highest BCUT2D eigenvalue weighted by Crippen LogP contribution is 2.43. The average molecular weight is 487 g/mol. The number of carbonyl (C=O) groups is 1. The molecule has 7 heteroatoms. The first-order valence-corrected chi connectivity index (χ1v) is 13.2. The number of carbonyl (C=O) groups excluding carboxylic acids is 1. The SMILES string of the molecule is O=C1CN(S(=O)(=O)Cc2ccccc2)C[C@H]2[C@@H](c3ccc(C#Cc4ccccc4)cc3)[C@H](CO)N12. The summed E-state index contributed by atoms with van der Waals surface area (Å²) in [4.78, 5) is 14.5. The van der Waals surface area contributed by atoms with Crippen LogP contribution in [0.2, 0.25) is 0 Å². The highest BCUT2D eigenvalue weighted by Gasteiger charge is 2.55. The van der Waals surface area contributed by atoms with Crippen LogP contribution < -0.4 is 0 Å². The molecule has 2 fully saturated rings. The molecule has 2 saturated heterocycles. The van der Waals surface area contributed by atoms with Crippen LogP contribution in [0, 0.1) is 11.8 Å². The first-order valence-electron chi connectivity index (χ1n) is 11.6. The molecule has 5 rings (SSSR count). The van der Waals surface area contributed by atoms with E-state index in [9.17, 15) is 18.3 Å². The van der Waals surface area contributed by atoms with Gasteiger partial charge < -0.3 is 10.0 Å². The molecule has 1 amide bonds. The van der Waals surface area contributed by atoms with E-state index in [0.29, 0.717) is 5.56 Å². The summed E-state index contributed by atoms with van der Waals surface area (Å²) < 4.78 is 27.5. The number of nitrogens with zero attached hydrogens (tertiary/aromatic N) is 2. The van der Waals surface area contributed by atoms with E-state index >= 15 is 0 Å². The fourth-order valence-corrected chi connectivity index (χ4v) is 6.50. The minimum atomic E-state index is -3.66. The van der Waals surface area contributed by atoms with Gasteiger partial charge in [0.25, 0.3) is 0 Å². The fraction of sp³-hybridized carbons (Fsp3) is 0.250. The molecule has 2 heterocycles. The molecule has 6 nitrogen and oxygen atoms in total. The van der Waals surface area contributed by atoms with Crippen molar-refractivity contribution >= 4 is 15.9 Å². The molecule has 0 spiro atoms. The van der Waals surface area contributed by atoms with Crippen LogP contribution in [-0.2, 0) is 20.6 Å². The molecule has 0 saturated carbocycles. The molecule has 0 unspecified atom stereocenters. The smallest absolute Gasteiger partial charge is 0.238 e. The maximum atomic E-state index is 13.1. The lowest BCUT2D eigenvalue weighted by atomic mass is 9.74. The lowest BCUT2D eigenvalue weighted by Gasteiger charge is -2.58. The molecule has 2 aliphatic heterocycles. The van der Waals surface area contributed by atoms with Gasteiger partial charge in [0.2, 0.25) is 15.9 Å². The highest BCUT2D eigenvalue weighted by molar-refractivity contribution is 7.88. The van der Waals surface area contributed by atoms with Crippen molar-refractivity contribution in [2.75, 3.05) is 19.7 Å². The standard InChI is InChI=1S/C28H26N2O4S/c31-19-26-28(24-15-13-22(14-16-24)12-11-21-7-3-1-4-8-21)25-17-29(18-27(32)30(25)26)35(33,34)20-23-9-5-2-6-10-23/h1-10,13-16,25-26,28,31H,17-20H2/t25-,26-,28+/m0/s1. The molecule has 3 atom stereocenters. The molecule has 35 heavy (non-hydrogen) atoms. The third kappa shape index (κ3) is 4.73. The summed E-state index contributed by atoms with van der Waals surface area (Å²) in [6.07, 6.45) is 0. The molecule has 3 aromatic carbocycles. The van der Waals surface area contributed by atoms with Crippen molar-refractivity contribution < 1.29 is 18.3 Å². The van der Waals surface area contributed by atoms with E-state index in [-0.39, 0.29) is 49.4 Å². The van der Waals surface area contributed by atoms with Gasteiger partial charge in [-0.25, -0.2) is 8.42 Å². The van der Waals surface area contributed by atoms with E-state index in [4.69, 9.17) is 0 Å². The monoisotopic (exact) mass is 486 g/mol. The Morgan fingerprint density at radius 3 is 2.09 bits per heavy atom. The Hall–Kier alpha value is -3.44. The number of aliphatic hydroxyl groups excluding tert-OH is 1. The number of fused-ring (bicyclic) bond motifs is 1. The van der Waals surface area contributed by atoms with Gasteiger partial charge in [0.15, 0.2) is 0 Å². The van der Waals surface area contributed by atoms with E-state index in [2.05, 4.69) is 11.8 Å². The second-order valence-corrected chi connectivity index (χ2v) is 10.9. The summed E-state index contributed by atoms with van der Waals surface area (Å²) in [5.74, 6) is 5.73. The van der Waals surface area contributed by atoms with Gasteiger partial charge >= 0.3 is 0 Å². The lowest BCUT2D eigenvalue weighted by Crippen LogP contribution is -2.73. The highest BCUT2D eigenvalue weighted by atomic mass is 32.2. The average Bonchev–Trinajstić information content (AvgIpc) is 2.85. The van der Waals surface area contributed by atoms with E-state index < -0.39 is 10.0 Å². The molecular weight excluding hydrogens is 460 g/mol. The Balaban J connectivity index is 1.34. The molecule has 178 valence electrons. The molecular formula is C28H26N2O4S. The van der Waals surface area contributed by atoms with Crippen molar-refractivity contribution in [3.8, 4) is 11.8 Å². The number of hydrogen-bond acceptors (Lipinski definition) is 4. The van der Waals surface area contributed by atoms with Crippen molar-refractivity contribution in [3.05, 3.63) is 107 Å². The molecule has 2 aliphatic rings. The Bertz CT molecular complexity index is 1360. The van der Waals surface area contributed by atoms with Crippen molar-refractivity contribution in [3.63, 3.8) is 0 Å². The molecule has 0 aliphatic carbocycles. The second kappa shape index (κ2) is 9.67. The van der Waals surface area contributed by atoms with Crippen LogP contribution in [0.25, 0.3) is 0 Å². The molecule has 0 radical (unpaired) electrons. The van der Waals surface area contributed by atoms with E-state index in [1.165, 1.54) is 4.31 Å². The van der Waals surface area contributed by atoms with Crippen molar-refractivity contribution in [1.82, 2.24) is 9.21 Å². The minimum absolute atomic E-state index is 0.142. The van der Waals surface area contributed by atoms with Crippen LogP contribution in [0.15, 0.2) is 84.9 Å². The van der Waals surface area contributed by atoms with E-state index in [0.717, 1.165) is 16.7 Å². The Labute approximate surface area is 205 Å². The number of aliphatic hydroxyl groups is 1. The van der Waals surface area contributed by atoms with Crippen molar-refractivity contribution in [1.29, 1.82) is 0 Å². The van der Waals surface area contributed by atoms with Gasteiger partial charge in [-0.1, -0.05) is 72.5 Å². The lowest BCUT2D eigenvalue weighted by molar-refractivity contribution is -0.158. The number of amides is 1. The quantitative estimate of drug-likeness (QED) is 0.563. The van der Waals surface area contributed by atoms with Gasteiger partial charge in [-0.2, -0.15) is 4.31 Å². The van der Waals surface area contributed by atoms with Crippen LogP contribution in [0.4, 0.5) is 0 Å². The normalized spacial score (nSPS) is 22.0. The van der Waals surface area contributed by atoms with E-state index in [1.54, 1.807) is 29.2 Å². The summed E-state index contributed by atoms with van der Waals surface area (Å²) in [5.41, 5.74) is 3.45. The van der Waals surface area contributed by atoms with Gasteiger partial charge in [0.1, 0.15) is 0 Å². The zero-order valence-corrected chi connectivity index (χ0v) is 19.9. The predicted octanol–water partition coefficient (Wildman–Crippen LogP) is 2.59. The third-order valence-electron chi connectivity index (χ3n) is 6.73. The number of rotatable bonds is 5. The summed E-state index contributed by atoms with van der Waals surface area (Å²) in [7, 11) is -3.66. The van der Waals surface area contributed by atoms with E-state index in [1.807, 2.05) is 60.7 Å². The fourth-order valence-electron chi connectivity index (χ4n) is 5.01. The molecule has 3 aromatic rings. The first kappa shape index (κ1) is 23.3. The van der Waals surface area contributed by atoms with Gasteiger partial charge in [-0.05, 0) is 35.4 Å². The summed E-state index contributed by atoms with van der Waals surface area (Å²) in [5, 5.41) is 10.0. The minimum Gasteiger partial charge on any atom is -0.394 e. The largest absolute Gasteiger partial charge is 0.394 e. The zero-order chi connectivity index (χ0) is 24.4. The number of piperazine rings is 1. The second-order valence-electron chi connectivity index (χ2n) is 8.92. The van der Waals surface area contributed by atoms with Crippen LogP contribution in [0.1, 0.15) is 28.2 Å².